The van der Waals surface area contributed by atoms with Gasteiger partial charge in [0.15, 0.2) is 0 Å². The lowest BCUT2D eigenvalue weighted by Gasteiger charge is -2.10. The highest BCUT2D eigenvalue weighted by Gasteiger charge is 2.16. The molecule has 2 aromatic carbocycles. The zero-order chi connectivity index (χ0) is 17.9. The quantitative estimate of drug-likeness (QED) is 0.507. The van der Waals surface area contributed by atoms with Crippen LogP contribution in [-0.4, -0.2) is 9.38 Å². The lowest BCUT2D eigenvalue weighted by Crippen LogP contribution is -2.03. The molecule has 4 rings (SSSR count). The maximum absolute atomic E-state index is 9.25. The summed E-state index contributed by atoms with van der Waals surface area (Å²) in [5.74, 6) is 0.868. The van der Waals surface area contributed by atoms with E-state index < -0.39 is 0 Å². The Hall–Kier alpha value is -3.10. The Morgan fingerprint density at radius 1 is 1.00 bits per heavy atom. The largest absolute Gasteiger partial charge is 0.365 e. The zero-order valence-electron chi connectivity index (χ0n) is 13.9. The molecule has 0 radical (unpaired) electrons. The Morgan fingerprint density at radius 2 is 1.77 bits per heavy atom. The molecule has 0 spiro atoms. The summed E-state index contributed by atoms with van der Waals surface area (Å²) in [5.41, 5.74) is 4.42. The topological polar surface area (TPSA) is 53.1 Å². The molecular weight excluding hydrogens is 388 g/mol. The van der Waals surface area contributed by atoms with E-state index in [2.05, 4.69) is 39.4 Å². The van der Waals surface area contributed by atoms with Crippen molar-refractivity contribution in [2.45, 2.75) is 6.54 Å². The van der Waals surface area contributed by atoms with Crippen molar-refractivity contribution in [3.63, 3.8) is 0 Å². The Bertz CT molecular complexity index is 1110. The Labute approximate surface area is 159 Å². The van der Waals surface area contributed by atoms with Crippen LogP contribution >= 0.6 is 15.9 Å². The van der Waals surface area contributed by atoms with Gasteiger partial charge in [-0.05, 0) is 23.8 Å². The van der Waals surface area contributed by atoms with Crippen molar-refractivity contribution in [2.75, 3.05) is 5.32 Å². The van der Waals surface area contributed by atoms with E-state index in [1.807, 2.05) is 59.1 Å². The predicted molar refractivity (Wildman–Crippen MR) is 107 cm³/mol. The van der Waals surface area contributed by atoms with Gasteiger partial charge in [0.05, 0.1) is 5.56 Å². The van der Waals surface area contributed by atoms with Gasteiger partial charge in [-0.2, -0.15) is 5.26 Å². The summed E-state index contributed by atoms with van der Waals surface area (Å²) in [7, 11) is 0. The smallest absolute Gasteiger partial charge is 0.139 e. The maximum atomic E-state index is 9.25. The molecule has 126 valence electrons. The number of halogens is 1. The first-order valence-electron chi connectivity index (χ1n) is 8.21. The van der Waals surface area contributed by atoms with Crippen molar-refractivity contribution < 1.29 is 0 Å². The third-order valence-electron chi connectivity index (χ3n) is 4.18. The molecule has 0 fully saturated rings. The highest BCUT2D eigenvalue weighted by atomic mass is 79.9. The molecule has 0 aliphatic heterocycles. The minimum Gasteiger partial charge on any atom is -0.365 e. The molecule has 1 N–H and O–H groups in total. The van der Waals surface area contributed by atoms with Gasteiger partial charge in [0.25, 0.3) is 0 Å². The number of anilines is 1. The average Bonchev–Trinajstić information content (AvgIpc) is 3.05. The van der Waals surface area contributed by atoms with Crippen molar-refractivity contribution in [3.8, 4) is 17.3 Å². The van der Waals surface area contributed by atoms with Crippen molar-refractivity contribution in [1.29, 1.82) is 5.26 Å². The highest BCUT2D eigenvalue weighted by molar-refractivity contribution is 9.10. The fraction of sp³-hybridized carbons (Fsp3) is 0.0476. The summed E-state index contributed by atoms with van der Waals surface area (Å²) in [6, 6.07) is 24.1. The van der Waals surface area contributed by atoms with E-state index in [1.54, 1.807) is 6.07 Å². The second-order valence-electron chi connectivity index (χ2n) is 5.89. The number of imidazole rings is 1. The number of hydrogen-bond acceptors (Lipinski definition) is 3. The normalized spacial score (nSPS) is 10.6. The number of aromatic nitrogens is 2. The third-order valence-corrected chi connectivity index (χ3v) is 4.87. The molecule has 26 heavy (non-hydrogen) atoms. The highest BCUT2D eigenvalue weighted by Crippen LogP contribution is 2.34. The minimum absolute atomic E-state index is 0.594. The van der Waals surface area contributed by atoms with Crippen molar-refractivity contribution in [1.82, 2.24) is 9.38 Å². The monoisotopic (exact) mass is 402 g/mol. The van der Waals surface area contributed by atoms with Gasteiger partial charge in [-0.15, -0.1) is 0 Å². The van der Waals surface area contributed by atoms with Crippen LogP contribution in [-0.2, 0) is 6.54 Å². The molecule has 5 heteroatoms. The van der Waals surface area contributed by atoms with Gasteiger partial charge in [-0.25, -0.2) is 4.98 Å². The summed E-state index contributed by atoms with van der Waals surface area (Å²) >= 11 is 3.62. The minimum atomic E-state index is 0.594. The first-order valence-corrected chi connectivity index (χ1v) is 9.00. The van der Waals surface area contributed by atoms with Crippen LogP contribution in [0.3, 0.4) is 0 Å². The summed E-state index contributed by atoms with van der Waals surface area (Å²) in [6.07, 6.45) is 1.82. The van der Waals surface area contributed by atoms with Crippen LogP contribution in [0.5, 0.6) is 0 Å². The molecule has 4 nitrogen and oxygen atoms in total. The SMILES string of the molecule is N#Cc1ccc2nc(-c3ccccc3Br)c(NCc3ccccc3)n2c1. The molecule has 2 heterocycles. The van der Waals surface area contributed by atoms with Crippen LogP contribution in [0.1, 0.15) is 11.1 Å². The van der Waals surface area contributed by atoms with Gasteiger partial charge in [0, 0.05) is 22.8 Å². The van der Waals surface area contributed by atoms with Crippen LogP contribution < -0.4 is 5.32 Å². The van der Waals surface area contributed by atoms with Crippen molar-refractivity contribution in [2.24, 2.45) is 0 Å². The van der Waals surface area contributed by atoms with Gasteiger partial charge in [-0.1, -0.05) is 64.5 Å². The first-order chi connectivity index (χ1) is 12.8. The van der Waals surface area contributed by atoms with Crippen molar-refractivity contribution >= 4 is 27.4 Å². The molecule has 2 aromatic heterocycles. The number of fused-ring (bicyclic) bond motifs is 1. The molecular formula is C21H15BrN4. The van der Waals surface area contributed by atoms with Gasteiger partial charge in [-0.3, -0.25) is 4.40 Å². The van der Waals surface area contributed by atoms with Crippen LogP contribution in [0, 0.1) is 11.3 Å². The average molecular weight is 403 g/mol. The number of benzene rings is 2. The zero-order valence-corrected chi connectivity index (χ0v) is 15.4. The Kier molecular flexibility index (Phi) is 4.42. The maximum Gasteiger partial charge on any atom is 0.139 e. The van der Waals surface area contributed by atoms with E-state index in [-0.39, 0.29) is 0 Å². The lowest BCUT2D eigenvalue weighted by molar-refractivity contribution is 1.08. The summed E-state index contributed by atoms with van der Waals surface area (Å²) in [5, 5.41) is 12.8. The molecule has 0 aliphatic rings. The standard InChI is InChI=1S/C21H15BrN4/c22-18-9-5-4-8-17(18)20-21(24-13-15-6-2-1-3-7-15)26-14-16(12-23)10-11-19(26)25-20/h1-11,14,24H,13H2. The van der Waals surface area contributed by atoms with Gasteiger partial charge >= 0.3 is 0 Å². The number of hydrogen-bond donors (Lipinski definition) is 1. The van der Waals surface area contributed by atoms with E-state index >= 15 is 0 Å². The fourth-order valence-corrected chi connectivity index (χ4v) is 3.37. The Balaban J connectivity index is 1.85. The number of pyridine rings is 1. The molecule has 0 aliphatic carbocycles. The molecule has 0 atom stereocenters. The summed E-state index contributed by atoms with van der Waals surface area (Å²) < 4.78 is 2.92. The molecule has 0 amide bonds. The van der Waals surface area contributed by atoms with Gasteiger partial charge < -0.3 is 5.32 Å². The van der Waals surface area contributed by atoms with Crippen molar-refractivity contribution in [3.05, 3.63) is 88.5 Å². The van der Waals surface area contributed by atoms with Crippen LogP contribution in [0.15, 0.2) is 77.4 Å². The number of nitrogens with one attached hydrogen (secondary N) is 1. The number of nitriles is 1. The summed E-state index contributed by atoms with van der Waals surface area (Å²) in [4.78, 5) is 4.79. The number of rotatable bonds is 4. The van der Waals surface area contributed by atoms with E-state index in [0.717, 1.165) is 27.2 Å². The second kappa shape index (κ2) is 7.03. The van der Waals surface area contributed by atoms with E-state index in [1.165, 1.54) is 5.56 Å². The molecule has 0 bridgehead atoms. The van der Waals surface area contributed by atoms with E-state index in [4.69, 9.17) is 4.98 Å². The predicted octanol–water partition coefficient (Wildman–Crippen LogP) is 5.25. The van der Waals surface area contributed by atoms with Crippen LogP contribution in [0.4, 0.5) is 5.82 Å². The molecule has 0 saturated heterocycles. The second-order valence-corrected chi connectivity index (χ2v) is 6.74. The summed E-state index contributed by atoms with van der Waals surface area (Å²) in [6.45, 7) is 0.670. The third kappa shape index (κ3) is 3.07. The van der Waals surface area contributed by atoms with E-state index in [9.17, 15) is 5.26 Å². The molecule has 0 unspecified atom stereocenters. The number of nitrogens with zero attached hydrogens (tertiary/aromatic N) is 3. The van der Waals surface area contributed by atoms with Gasteiger partial charge in [0.2, 0.25) is 0 Å². The first kappa shape index (κ1) is 16.4. The molecule has 0 saturated carbocycles. The van der Waals surface area contributed by atoms with Crippen LogP contribution in [0.25, 0.3) is 16.9 Å². The van der Waals surface area contributed by atoms with E-state index in [0.29, 0.717) is 12.1 Å². The molecule has 4 aromatic rings. The fourth-order valence-electron chi connectivity index (χ4n) is 2.90. The lowest BCUT2D eigenvalue weighted by atomic mass is 10.1. The van der Waals surface area contributed by atoms with Gasteiger partial charge in [0.1, 0.15) is 23.2 Å². The van der Waals surface area contributed by atoms with Crippen LogP contribution in [0.2, 0.25) is 0 Å². The Morgan fingerprint density at radius 3 is 2.54 bits per heavy atom.